The van der Waals surface area contributed by atoms with Gasteiger partial charge in [-0.15, -0.1) is 0 Å². The maximum atomic E-state index is 12.3. The molecule has 0 aliphatic heterocycles. The largest absolute Gasteiger partial charge is 0.310 e. The van der Waals surface area contributed by atoms with E-state index in [1.54, 1.807) is 12.1 Å². The van der Waals surface area contributed by atoms with Crippen molar-refractivity contribution in [3.05, 3.63) is 35.0 Å². The van der Waals surface area contributed by atoms with Gasteiger partial charge in [0.1, 0.15) is 5.82 Å². The Morgan fingerprint density at radius 2 is 2.11 bits per heavy atom. The third kappa shape index (κ3) is 2.98. The number of nitrogens with one attached hydrogen (secondary N) is 1. The van der Waals surface area contributed by atoms with Gasteiger partial charge in [-0.25, -0.2) is 4.98 Å². The average molecular weight is 279 g/mol. The molecule has 0 spiro atoms. The molecule has 2 atom stereocenters. The molecule has 2 rings (SSSR count). The maximum absolute atomic E-state index is 12.3. The number of amides is 1. The van der Waals surface area contributed by atoms with Crippen molar-refractivity contribution in [2.24, 2.45) is 17.3 Å². The molecule has 1 aromatic heterocycles. The lowest BCUT2D eigenvalue weighted by Crippen LogP contribution is -2.17. The third-order valence-corrected chi connectivity index (χ3v) is 3.91. The van der Waals surface area contributed by atoms with E-state index < -0.39 is 0 Å². The zero-order valence-electron chi connectivity index (χ0n) is 11.7. The van der Waals surface area contributed by atoms with E-state index in [4.69, 9.17) is 11.6 Å². The minimum absolute atomic E-state index is 0.0138. The molecule has 3 nitrogen and oxygen atoms in total. The van der Waals surface area contributed by atoms with Crippen molar-refractivity contribution in [2.45, 2.75) is 27.7 Å². The summed E-state index contributed by atoms with van der Waals surface area (Å²) in [6, 6.07) is 3.43. The summed E-state index contributed by atoms with van der Waals surface area (Å²) in [7, 11) is 0. The van der Waals surface area contributed by atoms with Gasteiger partial charge >= 0.3 is 0 Å². The molecule has 0 bridgehead atoms. The zero-order valence-corrected chi connectivity index (χ0v) is 12.5. The van der Waals surface area contributed by atoms with Crippen LogP contribution in [0.15, 0.2) is 30.0 Å². The normalized spacial score (nSPS) is 23.6. The maximum Gasteiger partial charge on any atom is 0.229 e. The Kier molecular flexibility index (Phi) is 3.68. The Balaban J connectivity index is 2.05. The summed E-state index contributed by atoms with van der Waals surface area (Å²) >= 11 is 5.77. The van der Waals surface area contributed by atoms with Crippen LogP contribution in [0.1, 0.15) is 27.7 Å². The Morgan fingerprint density at radius 3 is 2.63 bits per heavy atom. The first-order chi connectivity index (χ1) is 8.82. The second-order valence-corrected chi connectivity index (χ2v) is 6.36. The highest BCUT2D eigenvalue weighted by atomic mass is 35.5. The van der Waals surface area contributed by atoms with Gasteiger partial charge in [0, 0.05) is 6.20 Å². The topological polar surface area (TPSA) is 42.0 Å². The number of hydrogen-bond acceptors (Lipinski definition) is 2. The summed E-state index contributed by atoms with van der Waals surface area (Å²) in [5, 5.41) is 3.41. The lowest BCUT2D eigenvalue weighted by atomic mass is 10.1. The van der Waals surface area contributed by atoms with Crippen LogP contribution in [0.5, 0.6) is 0 Å². The van der Waals surface area contributed by atoms with Gasteiger partial charge < -0.3 is 5.32 Å². The van der Waals surface area contributed by atoms with E-state index in [0.29, 0.717) is 16.8 Å². The number of aromatic nitrogens is 1. The van der Waals surface area contributed by atoms with Crippen molar-refractivity contribution < 1.29 is 4.79 Å². The molecule has 1 amide bonds. The molecule has 1 saturated carbocycles. The highest BCUT2D eigenvalue weighted by Gasteiger charge is 2.60. The SMILES string of the molecule is CC(C)=CC1C(C(=O)Nc2ccc(Cl)cn2)C1(C)C. The second kappa shape index (κ2) is 4.97. The van der Waals surface area contributed by atoms with Crippen LogP contribution in [0.4, 0.5) is 5.82 Å². The summed E-state index contributed by atoms with van der Waals surface area (Å²) in [4.78, 5) is 16.3. The van der Waals surface area contributed by atoms with Crippen LogP contribution < -0.4 is 5.32 Å². The van der Waals surface area contributed by atoms with E-state index in [2.05, 4.69) is 44.1 Å². The predicted molar refractivity (Wildman–Crippen MR) is 78.1 cm³/mol. The third-order valence-electron chi connectivity index (χ3n) is 3.68. The van der Waals surface area contributed by atoms with Crippen molar-refractivity contribution >= 4 is 23.3 Å². The Labute approximate surface area is 119 Å². The molecule has 1 fully saturated rings. The number of rotatable bonds is 3. The van der Waals surface area contributed by atoms with Crippen LogP contribution >= 0.6 is 11.6 Å². The number of pyridine rings is 1. The number of carbonyl (C=O) groups is 1. The van der Waals surface area contributed by atoms with Crippen molar-refractivity contribution in [1.82, 2.24) is 4.98 Å². The molecule has 1 aliphatic carbocycles. The van der Waals surface area contributed by atoms with Gasteiger partial charge in [-0.2, -0.15) is 0 Å². The van der Waals surface area contributed by atoms with Crippen molar-refractivity contribution in [1.29, 1.82) is 0 Å². The first-order valence-electron chi connectivity index (χ1n) is 6.40. The van der Waals surface area contributed by atoms with Crippen LogP contribution in [0, 0.1) is 17.3 Å². The Morgan fingerprint density at radius 1 is 1.42 bits per heavy atom. The molecule has 1 aliphatic rings. The number of halogens is 1. The van der Waals surface area contributed by atoms with Gasteiger partial charge in [-0.05, 0) is 37.3 Å². The van der Waals surface area contributed by atoms with Crippen LogP contribution in [0.25, 0.3) is 0 Å². The minimum atomic E-state index is 0.0138. The van der Waals surface area contributed by atoms with E-state index >= 15 is 0 Å². The molecule has 0 aromatic carbocycles. The molecule has 102 valence electrons. The van der Waals surface area contributed by atoms with Crippen LogP contribution in [0.2, 0.25) is 5.02 Å². The monoisotopic (exact) mass is 278 g/mol. The lowest BCUT2D eigenvalue weighted by Gasteiger charge is -2.05. The van der Waals surface area contributed by atoms with E-state index in [1.807, 2.05) is 0 Å². The number of nitrogens with zero attached hydrogens (tertiary/aromatic N) is 1. The highest BCUT2D eigenvalue weighted by molar-refractivity contribution is 6.30. The number of hydrogen-bond donors (Lipinski definition) is 1. The summed E-state index contributed by atoms with van der Waals surface area (Å²) in [6.45, 7) is 8.36. The molecule has 4 heteroatoms. The smallest absolute Gasteiger partial charge is 0.229 e. The molecule has 0 radical (unpaired) electrons. The highest BCUT2D eigenvalue weighted by Crippen LogP contribution is 2.59. The van der Waals surface area contributed by atoms with E-state index in [1.165, 1.54) is 11.8 Å². The molecule has 19 heavy (non-hydrogen) atoms. The van der Waals surface area contributed by atoms with Gasteiger partial charge in [-0.3, -0.25) is 4.79 Å². The van der Waals surface area contributed by atoms with Gasteiger partial charge in [0.05, 0.1) is 10.9 Å². The predicted octanol–water partition coefficient (Wildman–Crippen LogP) is 3.91. The first-order valence-corrected chi connectivity index (χ1v) is 6.77. The molecular formula is C15H19ClN2O. The standard InChI is InChI=1S/C15H19ClN2O/c1-9(2)7-11-13(15(11,3)4)14(19)18-12-6-5-10(16)8-17-12/h5-8,11,13H,1-4H3,(H,17,18,19). The van der Waals surface area contributed by atoms with E-state index in [0.717, 1.165) is 0 Å². The number of allylic oxidation sites excluding steroid dienone is 2. The van der Waals surface area contributed by atoms with Crippen LogP contribution in [0.3, 0.4) is 0 Å². The summed E-state index contributed by atoms with van der Waals surface area (Å²) in [5.74, 6) is 0.903. The first kappa shape index (κ1) is 14.1. The van der Waals surface area contributed by atoms with Gasteiger partial charge in [-0.1, -0.05) is 37.1 Å². The zero-order chi connectivity index (χ0) is 14.2. The van der Waals surface area contributed by atoms with Gasteiger partial charge in [0.2, 0.25) is 5.91 Å². The minimum Gasteiger partial charge on any atom is -0.310 e. The summed E-state index contributed by atoms with van der Waals surface area (Å²) in [6.07, 6.45) is 3.71. The fraction of sp³-hybridized carbons (Fsp3) is 0.467. The van der Waals surface area contributed by atoms with Gasteiger partial charge in [0.25, 0.3) is 0 Å². The molecule has 0 saturated heterocycles. The number of carbonyl (C=O) groups excluding carboxylic acids is 1. The van der Waals surface area contributed by atoms with E-state index in [9.17, 15) is 4.79 Å². The number of anilines is 1. The van der Waals surface area contributed by atoms with Crippen molar-refractivity contribution in [3.8, 4) is 0 Å². The quantitative estimate of drug-likeness (QED) is 0.852. The Bertz CT molecular complexity index is 515. The molecule has 2 unspecified atom stereocenters. The lowest BCUT2D eigenvalue weighted by molar-refractivity contribution is -0.118. The Hall–Kier alpha value is -1.35. The van der Waals surface area contributed by atoms with Crippen LogP contribution in [-0.4, -0.2) is 10.9 Å². The van der Waals surface area contributed by atoms with Crippen molar-refractivity contribution in [3.63, 3.8) is 0 Å². The molecule has 1 aromatic rings. The summed E-state index contributed by atoms with van der Waals surface area (Å²) in [5.41, 5.74) is 1.27. The molecule has 1 heterocycles. The second-order valence-electron chi connectivity index (χ2n) is 5.92. The fourth-order valence-electron chi connectivity index (χ4n) is 2.50. The molecular weight excluding hydrogens is 260 g/mol. The van der Waals surface area contributed by atoms with Crippen molar-refractivity contribution in [2.75, 3.05) is 5.32 Å². The van der Waals surface area contributed by atoms with E-state index in [-0.39, 0.29) is 17.2 Å². The van der Waals surface area contributed by atoms with Crippen LogP contribution in [-0.2, 0) is 4.79 Å². The fourth-order valence-corrected chi connectivity index (χ4v) is 2.61. The molecule has 1 N–H and O–H groups in total. The average Bonchev–Trinajstić information content (AvgIpc) is 2.83. The van der Waals surface area contributed by atoms with Gasteiger partial charge in [0.15, 0.2) is 0 Å². The summed E-state index contributed by atoms with van der Waals surface area (Å²) < 4.78 is 0.